The summed E-state index contributed by atoms with van der Waals surface area (Å²) in [5, 5.41) is 28.7. The normalized spacial score (nSPS) is 25.7. The molecule has 0 spiro atoms. The topological polar surface area (TPSA) is 156 Å². The van der Waals surface area contributed by atoms with Crippen molar-refractivity contribution in [1.82, 2.24) is 9.55 Å². The van der Waals surface area contributed by atoms with Gasteiger partial charge in [-0.1, -0.05) is 0 Å². The molecule has 0 unspecified atom stereocenters. The average molecular weight is 353 g/mol. The molecule has 2 aromatic rings. The number of anilines is 1. The van der Waals surface area contributed by atoms with Crippen molar-refractivity contribution in [3.05, 3.63) is 46.9 Å². The molecule has 0 radical (unpaired) electrons. The first-order chi connectivity index (χ1) is 12.0. The van der Waals surface area contributed by atoms with Crippen LogP contribution in [-0.4, -0.2) is 55.8 Å². The molecule has 134 valence electrons. The average Bonchev–Trinajstić information content (AvgIpc) is 3.23. The van der Waals surface area contributed by atoms with Crippen molar-refractivity contribution in [2.45, 2.75) is 24.5 Å². The molecule has 1 fully saturated rings. The van der Waals surface area contributed by atoms with E-state index in [1.54, 1.807) is 0 Å². The van der Waals surface area contributed by atoms with Crippen molar-refractivity contribution in [2.24, 2.45) is 0 Å². The number of furan rings is 1. The Kier molecular flexibility index (Phi) is 4.81. The Labute approximate surface area is 140 Å². The SMILES string of the molecule is O=C(ONc1ccn([C@@H]2O[C@H](CO)[C@@H](O)[C@H]2O)c(=O)n1)c1ccoc1. The monoisotopic (exact) mass is 353 g/mol. The van der Waals surface area contributed by atoms with E-state index >= 15 is 0 Å². The molecule has 0 aromatic carbocycles. The zero-order valence-electron chi connectivity index (χ0n) is 12.7. The minimum absolute atomic E-state index is 0.0511. The Morgan fingerprint density at radius 1 is 1.36 bits per heavy atom. The van der Waals surface area contributed by atoms with Crippen LogP contribution in [0.3, 0.4) is 0 Å². The number of aliphatic hydroxyl groups is 3. The molecule has 25 heavy (non-hydrogen) atoms. The van der Waals surface area contributed by atoms with Crippen LogP contribution >= 0.6 is 0 Å². The first kappa shape index (κ1) is 17.1. The number of carbonyl (C=O) groups excluding carboxylic acids is 1. The molecule has 4 N–H and O–H groups in total. The van der Waals surface area contributed by atoms with Crippen molar-refractivity contribution in [2.75, 3.05) is 12.1 Å². The molecule has 11 nitrogen and oxygen atoms in total. The van der Waals surface area contributed by atoms with Gasteiger partial charge in [0.15, 0.2) is 12.0 Å². The molecule has 0 aliphatic carbocycles. The van der Waals surface area contributed by atoms with Gasteiger partial charge in [0.2, 0.25) is 0 Å². The fourth-order valence-electron chi connectivity index (χ4n) is 2.31. The van der Waals surface area contributed by atoms with E-state index in [1.165, 1.54) is 30.9 Å². The van der Waals surface area contributed by atoms with Crippen LogP contribution in [0.25, 0.3) is 0 Å². The molecule has 0 amide bonds. The maximum atomic E-state index is 12.1. The minimum Gasteiger partial charge on any atom is -0.472 e. The molecule has 1 aliphatic heterocycles. The van der Waals surface area contributed by atoms with Crippen molar-refractivity contribution in [1.29, 1.82) is 0 Å². The number of rotatable bonds is 5. The number of hydrogen-bond donors (Lipinski definition) is 4. The van der Waals surface area contributed by atoms with E-state index in [2.05, 4.69) is 10.5 Å². The van der Waals surface area contributed by atoms with E-state index in [0.29, 0.717) is 0 Å². The Morgan fingerprint density at radius 2 is 2.16 bits per heavy atom. The summed E-state index contributed by atoms with van der Waals surface area (Å²) in [4.78, 5) is 32.1. The number of aliphatic hydroxyl groups excluding tert-OH is 3. The number of ether oxygens (including phenoxy) is 1. The summed E-state index contributed by atoms with van der Waals surface area (Å²) in [6.45, 7) is -0.513. The van der Waals surface area contributed by atoms with E-state index in [9.17, 15) is 19.8 Å². The molecule has 3 rings (SSSR count). The van der Waals surface area contributed by atoms with Crippen LogP contribution in [0.5, 0.6) is 0 Å². The van der Waals surface area contributed by atoms with E-state index in [1.807, 2.05) is 0 Å². The van der Waals surface area contributed by atoms with Crippen LogP contribution < -0.4 is 11.2 Å². The molecule has 4 atom stereocenters. The largest absolute Gasteiger partial charge is 0.472 e. The molecule has 11 heteroatoms. The van der Waals surface area contributed by atoms with Gasteiger partial charge in [-0.05, 0) is 6.07 Å². The third kappa shape index (κ3) is 3.39. The van der Waals surface area contributed by atoms with Crippen LogP contribution in [-0.2, 0) is 9.57 Å². The van der Waals surface area contributed by atoms with Gasteiger partial charge in [0.1, 0.15) is 30.1 Å². The molecular formula is C14H15N3O8. The molecule has 2 aromatic heterocycles. The second-order valence-electron chi connectivity index (χ2n) is 5.24. The van der Waals surface area contributed by atoms with Crippen LogP contribution in [0, 0.1) is 0 Å². The smallest absolute Gasteiger partial charge is 0.366 e. The molecule has 3 heterocycles. The quantitative estimate of drug-likeness (QED) is 0.473. The van der Waals surface area contributed by atoms with Gasteiger partial charge in [-0.3, -0.25) is 4.57 Å². The maximum Gasteiger partial charge on any atom is 0.366 e. The zero-order valence-corrected chi connectivity index (χ0v) is 12.7. The summed E-state index contributed by atoms with van der Waals surface area (Å²) in [7, 11) is 0. The van der Waals surface area contributed by atoms with E-state index in [4.69, 9.17) is 19.1 Å². The van der Waals surface area contributed by atoms with Crippen LogP contribution in [0.15, 0.2) is 40.1 Å². The third-order valence-corrected chi connectivity index (χ3v) is 3.63. The number of nitrogens with zero attached hydrogens (tertiary/aromatic N) is 2. The summed E-state index contributed by atoms with van der Waals surface area (Å²) in [6.07, 6.45) is -1.22. The maximum absolute atomic E-state index is 12.1. The van der Waals surface area contributed by atoms with E-state index in [0.717, 1.165) is 4.57 Å². The molecule has 0 saturated carbocycles. The minimum atomic E-state index is -1.41. The lowest BCUT2D eigenvalue weighted by Gasteiger charge is -2.17. The summed E-state index contributed by atoms with van der Waals surface area (Å²) >= 11 is 0. The number of aromatic nitrogens is 2. The van der Waals surface area contributed by atoms with Gasteiger partial charge in [0, 0.05) is 12.3 Å². The highest BCUT2D eigenvalue weighted by atomic mass is 16.7. The Hall–Kier alpha value is -2.73. The van der Waals surface area contributed by atoms with Crippen molar-refractivity contribution in [3.8, 4) is 0 Å². The van der Waals surface area contributed by atoms with Gasteiger partial charge in [0.25, 0.3) is 0 Å². The van der Waals surface area contributed by atoms with Gasteiger partial charge >= 0.3 is 11.7 Å². The van der Waals surface area contributed by atoms with Crippen LogP contribution in [0.2, 0.25) is 0 Å². The molecule has 1 saturated heterocycles. The Bertz CT molecular complexity index is 790. The third-order valence-electron chi connectivity index (χ3n) is 3.63. The second-order valence-corrected chi connectivity index (χ2v) is 5.24. The first-order valence-corrected chi connectivity index (χ1v) is 7.22. The fourth-order valence-corrected chi connectivity index (χ4v) is 2.31. The highest BCUT2D eigenvalue weighted by Gasteiger charge is 2.43. The molecule has 1 aliphatic rings. The zero-order chi connectivity index (χ0) is 18.0. The Morgan fingerprint density at radius 3 is 2.76 bits per heavy atom. The number of carbonyl (C=O) groups is 1. The first-order valence-electron chi connectivity index (χ1n) is 7.22. The van der Waals surface area contributed by atoms with Gasteiger partial charge in [-0.25, -0.2) is 9.59 Å². The van der Waals surface area contributed by atoms with Crippen LogP contribution in [0.1, 0.15) is 16.6 Å². The highest BCUT2D eigenvalue weighted by Crippen LogP contribution is 2.28. The summed E-state index contributed by atoms with van der Waals surface area (Å²) in [6, 6.07) is 2.70. The van der Waals surface area contributed by atoms with Crippen LogP contribution in [0.4, 0.5) is 5.82 Å². The van der Waals surface area contributed by atoms with Gasteiger partial charge in [-0.2, -0.15) is 10.5 Å². The lowest BCUT2D eigenvalue weighted by molar-refractivity contribution is -0.0549. The summed E-state index contributed by atoms with van der Waals surface area (Å²) < 4.78 is 10.9. The predicted octanol–water partition coefficient (Wildman–Crippen LogP) is -1.37. The van der Waals surface area contributed by atoms with Gasteiger partial charge in [0.05, 0.1) is 12.9 Å². The van der Waals surface area contributed by atoms with Gasteiger partial charge in [-0.15, -0.1) is 0 Å². The Balaban J connectivity index is 1.69. The highest BCUT2D eigenvalue weighted by molar-refractivity contribution is 5.89. The van der Waals surface area contributed by atoms with E-state index in [-0.39, 0.29) is 11.4 Å². The second kappa shape index (κ2) is 7.03. The summed E-state index contributed by atoms with van der Waals surface area (Å²) in [5.41, 5.74) is 1.58. The molecular weight excluding hydrogens is 338 g/mol. The molecule has 0 bridgehead atoms. The lowest BCUT2D eigenvalue weighted by Crippen LogP contribution is -2.36. The van der Waals surface area contributed by atoms with E-state index < -0.39 is 42.8 Å². The number of nitrogens with one attached hydrogen (secondary N) is 1. The lowest BCUT2D eigenvalue weighted by atomic mass is 10.1. The fraction of sp³-hybridized carbons (Fsp3) is 0.357. The van der Waals surface area contributed by atoms with Crippen molar-refractivity contribution in [3.63, 3.8) is 0 Å². The standard InChI is InChI=1S/C14H15N3O8/c18-5-8-10(19)11(20)12(24-8)17-3-1-9(15-14(17)22)16-25-13(21)7-2-4-23-6-7/h1-4,6,8,10-12,18-20H,5H2,(H,15,16,22)/t8-,10-,11-,12-/m1/s1. The number of hydrogen-bond acceptors (Lipinski definition) is 10. The van der Waals surface area contributed by atoms with Crippen molar-refractivity contribution >= 4 is 11.8 Å². The summed E-state index contributed by atoms with van der Waals surface area (Å²) in [5.74, 6) is -0.784. The van der Waals surface area contributed by atoms with Gasteiger partial charge < -0.3 is 29.3 Å². The van der Waals surface area contributed by atoms with Crippen molar-refractivity contribution < 1.29 is 34.1 Å². The predicted molar refractivity (Wildman–Crippen MR) is 79.3 cm³/mol.